The summed E-state index contributed by atoms with van der Waals surface area (Å²) < 4.78 is 0. The molecule has 0 aliphatic rings. The number of hydrogen-bond donors (Lipinski definition) is 0. The molecule has 0 aliphatic carbocycles. The Labute approximate surface area is 52.6 Å². The molecule has 3 heteroatoms. The Balaban J connectivity index is 3.97. The van der Waals surface area contributed by atoms with Gasteiger partial charge in [0.05, 0.1) is 6.07 Å². The van der Waals surface area contributed by atoms with Crippen molar-refractivity contribution in [1.82, 2.24) is 0 Å². The summed E-state index contributed by atoms with van der Waals surface area (Å²) in [4.78, 5) is 20.5. The van der Waals surface area contributed by atoms with Crippen molar-refractivity contribution in [3.8, 4) is 6.07 Å². The number of allylic oxidation sites excluding steroid dienone is 2. The second-order valence-corrected chi connectivity index (χ2v) is 1.38. The molecule has 46 valence electrons. The molecular formula is C6H5NO2. The molecule has 0 N–H and O–H groups in total. The van der Waals surface area contributed by atoms with Crippen LogP contribution < -0.4 is 0 Å². The minimum absolute atomic E-state index is 0.554. The van der Waals surface area contributed by atoms with Crippen LogP contribution in [0.1, 0.15) is 6.92 Å². The zero-order chi connectivity index (χ0) is 7.28. The molecule has 0 spiro atoms. The van der Waals surface area contributed by atoms with Gasteiger partial charge in [0.1, 0.15) is 0 Å². The molecule has 0 saturated carbocycles. The van der Waals surface area contributed by atoms with Crippen molar-refractivity contribution in [2.75, 3.05) is 0 Å². The third-order valence-corrected chi connectivity index (χ3v) is 0.656. The lowest BCUT2D eigenvalue weighted by molar-refractivity contribution is -0.132. The molecule has 0 radical (unpaired) electrons. The van der Waals surface area contributed by atoms with Crippen LogP contribution in [-0.4, -0.2) is 11.6 Å². The zero-order valence-electron chi connectivity index (χ0n) is 4.92. The molecule has 0 amide bonds. The first-order valence-corrected chi connectivity index (χ1v) is 2.29. The molecule has 3 nitrogen and oxygen atoms in total. The van der Waals surface area contributed by atoms with E-state index in [-0.39, 0.29) is 0 Å². The van der Waals surface area contributed by atoms with E-state index < -0.39 is 11.6 Å². The largest absolute Gasteiger partial charge is 0.291 e. The van der Waals surface area contributed by atoms with E-state index >= 15 is 0 Å². The maximum atomic E-state index is 10.3. The van der Waals surface area contributed by atoms with Gasteiger partial charge in [-0.15, -0.1) is 0 Å². The molecule has 0 heterocycles. The van der Waals surface area contributed by atoms with Gasteiger partial charge in [-0.1, -0.05) is 0 Å². The van der Waals surface area contributed by atoms with E-state index in [9.17, 15) is 9.59 Å². The molecule has 0 aromatic rings. The van der Waals surface area contributed by atoms with E-state index in [1.54, 1.807) is 6.07 Å². The number of Topliss-reactive ketones (excluding diaryl/α,β-unsaturated/α-hetero) is 1. The molecule has 0 atom stereocenters. The molecule has 0 aliphatic heterocycles. The Morgan fingerprint density at radius 3 is 2.44 bits per heavy atom. The summed E-state index contributed by atoms with van der Waals surface area (Å²) in [6.07, 6.45) is 1.92. The van der Waals surface area contributed by atoms with E-state index in [1.165, 1.54) is 0 Å². The summed E-state index contributed by atoms with van der Waals surface area (Å²) in [6, 6.07) is 1.60. The number of nitrogens with zero attached hydrogens (tertiary/aromatic N) is 1. The van der Waals surface area contributed by atoms with Crippen molar-refractivity contribution in [3.05, 3.63) is 12.2 Å². The maximum Gasteiger partial charge on any atom is 0.221 e. The van der Waals surface area contributed by atoms with Crippen LogP contribution in [0.25, 0.3) is 0 Å². The Morgan fingerprint density at radius 2 is 2.11 bits per heavy atom. The fraction of sp³-hybridized carbons (Fsp3) is 0.167. The van der Waals surface area contributed by atoms with Crippen molar-refractivity contribution in [3.63, 3.8) is 0 Å². The SMILES string of the molecule is CC(=O)C(=O)C=CC#N. The summed E-state index contributed by atoms with van der Waals surface area (Å²) >= 11 is 0. The first-order valence-electron chi connectivity index (χ1n) is 2.29. The highest BCUT2D eigenvalue weighted by molar-refractivity contribution is 6.40. The lowest BCUT2D eigenvalue weighted by atomic mass is 10.3. The van der Waals surface area contributed by atoms with Crippen LogP contribution in [0.2, 0.25) is 0 Å². The minimum atomic E-state index is -0.642. The Hall–Kier alpha value is -1.43. The highest BCUT2D eigenvalue weighted by Gasteiger charge is 1.99. The van der Waals surface area contributed by atoms with E-state index in [4.69, 9.17) is 5.26 Å². The molecule has 0 unspecified atom stereocenters. The maximum absolute atomic E-state index is 10.3. The molecule has 0 fully saturated rings. The molecule has 0 bridgehead atoms. The fourth-order valence-corrected chi connectivity index (χ4v) is 0.230. The van der Waals surface area contributed by atoms with Gasteiger partial charge in [0.25, 0.3) is 0 Å². The predicted octanol–water partition coefficient (Wildman–Crippen LogP) is 0.224. The first-order chi connectivity index (χ1) is 4.18. The van der Waals surface area contributed by atoms with Crippen LogP contribution in [0.3, 0.4) is 0 Å². The second kappa shape index (κ2) is 3.56. The van der Waals surface area contributed by atoms with Gasteiger partial charge in [-0.2, -0.15) is 5.26 Å². The van der Waals surface area contributed by atoms with Gasteiger partial charge in [-0.3, -0.25) is 9.59 Å². The van der Waals surface area contributed by atoms with Crippen molar-refractivity contribution in [2.45, 2.75) is 6.92 Å². The summed E-state index contributed by atoms with van der Waals surface area (Å²) in [7, 11) is 0. The van der Waals surface area contributed by atoms with Crippen LogP contribution in [0.15, 0.2) is 12.2 Å². The van der Waals surface area contributed by atoms with Crippen molar-refractivity contribution in [1.29, 1.82) is 5.26 Å². The van der Waals surface area contributed by atoms with Crippen molar-refractivity contribution in [2.24, 2.45) is 0 Å². The minimum Gasteiger partial charge on any atom is -0.291 e. The van der Waals surface area contributed by atoms with Crippen LogP contribution in [0, 0.1) is 11.3 Å². The first kappa shape index (κ1) is 7.57. The van der Waals surface area contributed by atoms with Gasteiger partial charge in [-0.05, 0) is 6.08 Å². The number of ketones is 2. The van der Waals surface area contributed by atoms with Crippen LogP contribution >= 0.6 is 0 Å². The Kier molecular flexibility index (Phi) is 2.99. The van der Waals surface area contributed by atoms with Gasteiger partial charge in [-0.25, -0.2) is 0 Å². The summed E-state index contributed by atoms with van der Waals surface area (Å²) in [6.45, 7) is 1.16. The lowest BCUT2D eigenvalue weighted by Crippen LogP contribution is -2.04. The topological polar surface area (TPSA) is 57.9 Å². The molecule has 0 aromatic carbocycles. The average molecular weight is 123 g/mol. The van der Waals surface area contributed by atoms with Crippen LogP contribution in [0.5, 0.6) is 0 Å². The van der Waals surface area contributed by atoms with E-state index in [0.29, 0.717) is 0 Å². The van der Waals surface area contributed by atoms with Crippen molar-refractivity contribution >= 4 is 11.6 Å². The molecule has 0 aromatic heterocycles. The fourth-order valence-electron chi connectivity index (χ4n) is 0.230. The Morgan fingerprint density at radius 1 is 1.56 bits per heavy atom. The molecule has 0 saturated heterocycles. The van der Waals surface area contributed by atoms with Crippen LogP contribution in [-0.2, 0) is 9.59 Å². The normalized spacial score (nSPS) is 8.89. The lowest BCUT2D eigenvalue weighted by Gasteiger charge is -1.78. The van der Waals surface area contributed by atoms with Crippen molar-refractivity contribution < 1.29 is 9.59 Å². The standard InChI is InChI=1S/C6H5NO2/c1-5(8)6(9)3-2-4-7/h2-3H,1H3. The van der Waals surface area contributed by atoms with Gasteiger partial charge < -0.3 is 0 Å². The number of rotatable bonds is 2. The summed E-state index contributed by atoms with van der Waals surface area (Å²) in [5, 5.41) is 7.90. The van der Waals surface area contributed by atoms with E-state index in [2.05, 4.69) is 0 Å². The molecule has 9 heavy (non-hydrogen) atoms. The monoisotopic (exact) mass is 123 g/mol. The smallest absolute Gasteiger partial charge is 0.221 e. The number of hydrogen-bond acceptors (Lipinski definition) is 3. The summed E-state index contributed by atoms with van der Waals surface area (Å²) in [5.74, 6) is -1.20. The number of carbonyl (C=O) groups is 2. The second-order valence-electron chi connectivity index (χ2n) is 1.38. The van der Waals surface area contributed by atoms with E-state index in [1.807, 2.05) is 0 Å². The van der Waals surface area contributed by atoms with Gasteiger partial charge in [0.2, 0.25) is 5.78 Å². The van der Waals surface area contributed by atoms with E-state index in [0.717, 1.165) is 19.1 Å². The zero-order valence-corrected chi connectivity index (χ0v) is 4.92. The molecular weight excluding hydrogens is 118 g/mol. The van der Waals surface area contributed by atoms with Gasteiger partial charge in [0.15, 0.2) is 5.78 Å². The third-order valence-electron chi connectivity index (χ3n) is 0.656. The Bertz CT molecular complexity index is 198. The summed E-state index contributed by atoms with van der Waals surface area (Å²) in [5.41, 5.74) is 0. The third kappa shape index (κ3) is 3.18. The van der Waals surface area contributed by atoms with Crippen LogP contribution in [0.4, 0.5) is 0 Å². The highest BCUT2D eigenvalue weighted by atomic mass is 16.2. The average Bonchev–Trinajstić information content (AvgIpc) is 1.82. The van der Waals surface area contributed by atoms with Gasteiger partial charge >= 0.3 is 0 Å². The predicted molar refractivity (Wildman–Crippen MR) is 30.4 cm³/mol. The molecule has 0 rings (SSSR count). The quantitative estimate of drug-likeness (QED) is 0.300. The van der Waals surface area contributed by atoms with Gasteiger partial charge in [0, 0.05) is 13.0 Å². The number of nitriles is 1. The highest BCUT2D eigenvalue weighted by Crippen LogP contribution is 1.77. The number of carbonyl (C=O) groups excluding carboxylic acids is 2.